The molecule has 2 aliphatic heterocycles. The Balaban J connectivity index is 1.22. The Morgan fingerprint density at radius 1 is 1.14 bits per heavy atom. The summed E-state index contributed by atoms with van der Waals surface area (Å²) in [6.07, 6.45) is 4.82. The molecule has 1 aromatic heterocycles. The molecule has 0 aliphatic carbocycles. The average molecular weight is 521 g/mol. The first kappa shape index (κ1) is 26.0. The highest BCUT2D eigenvalue weighted by Gasteiger charge is 2.21. The number of nitrogens with zero attached hydrogens (tertiary/aromatic N) is 5. The minimum Gasteiger partial charge on any atom is -0.366 e. The normalized spacial score (nSPS) is 19.1. The van der Waals surface area contributed by atoms with E-state index >= 15 is 0 Å². The maximum absolute atomic E-state index is 14.1. The molecule has 2 fully saturated rings. The van der Waals surface area contributed by atoms with Crippen LogP contribution in [0.25, 0.3) is 0 Å². The van der Waals surface area contributed by atoms with Crippen LogP contribution in [0, 0.1) is 5.82 Å². The van der Waals surface area contributed by atoms with Gasteiger partial charge in [-0.15, -0.1) is 0 Å². The third-order valence-electron chi connectivity index (χ3n) is 6.67. The number of halogens is 2. The summed E-state index contributed by atoms with van der Waals surface area (Å²) in [6.45, 7) is 7.92. The van der Waals surface area contributed by atoms with Crippen LogP contribution in [0.2, 0.25) is 5.15 Å². The summed E-state index contributed by atoms with van der Waals surface area (Å²) in [5, 5.41) is 3.84. The number of nitrogens with one attached hydrogen (secondary N) is 1. The Morgan fingerprint density at radius 2 is 1.91 bits per heavy atom. The number of para-hydroxylation sites is 1. The molecule has 3 heterocycles. The maximum atomic E-state index is 14.1. The zero-order chi connectivity index (χ0) is 24.6. The predicted molar refractivity (Wildman–Crippen MR) is 141 cm³/mol. The second-order valence-corrected chi connectivity index (χ2v) is 10.5. The first-order chi connectivity index (χ1) is 17.0. The molecule has 1 aromatic carbocycles. The lowest BCUT2D eigenvalue weighted by Crippen LogP contribution is -2.47. The third kappa shape index (κ3) is 7.44. The summed E-state index contributed by atoms with van der Waals surface area (Å²) in [6, 6.07) is 9.23. The lowest BCUT2D eigenvalue weighted by atomic mass is 10.0. The monoisotopic (exact) mass is 520 g/mol. The molecule has 7 nitrogen and oxygen atoms in total. The summed E-state index contributed by atoms with van der Waals surface area (Å²) in [4.78, 5) is 27.9. The number of piperazine rings is 1. The highest BCUT2D eigenvalue weighted by molar-refractivity contribution is 7.99. The summed E-state index contributed by atoms with van der Waals surface area (Å²) < 4.78 is 14.1. The van der Waals surface area contributed by atoms with Gasteiger partial charge >= 0.3 is 0 Å². The molecule has 2 saturated heterocycles. The Kier molecular flexibility index (Phi) is 9.45. The van der Waals surface area contributed by atoms with Crippen molar-refractivity contribution in [1.82, 2.24) is 20.2 Å². The number of hydrogen-bond acceptors (Lipinski definition) is 7. The molecule has 2 aromatic rings. The van der Waals surface area contributed by atoms with Gasteiger partial charge in [0.25, 0.3) is 0 Å². The number of carbonyl (C=O) groups is 1. The Morgan fingerprint density at radius 3 is 2.69 bits per heavy atom. The Hall–Kier alpha value is -2.10. The van der Waals surface area contributed by atoms with E-state index in [0.717, 1.165) is 25.3 Å². The van der Waals surface area contributed by atoms with Crippen molar-refractivity contribution in [3.63, 3.8) is 0 Å². The summed E-state index contributed by atoms with van der Waals surface area (Å²) in [5.41, 5.74) is 0.626. The number of hydrogen-bond donors (Lipinski definition) is 1. The van der Waals surface area contributed by atoms with Gasteiger partial charge < -0.3 is 20.0 Å². The van der Waals surface area contributed by atoms with Crippen molar-refractivity contribution >= 4 is 40.8 Å². The van der Waals surface area contributed by atoms with E-state index in [1.165, 1.54) is 37.1 Å². The van der Waals surface area contributed by atoms with Gasteiger partial charge in [-0.2, -0.15) is 0 Å². The quantitative estimate of drug-likeness (QED) is 0.231. The Bertz CT molecular complexity index is 990. The van der Waals surface area contributed by atoms with Crippen LogP contribution < -0.4 is 15.1 Å². The van der Waals surface area contributed by atoms with Gasteiger partial charge in [0.1, 0.15) is 16.8 Å². The van der Waals surface area contributed by atoms with Crippen molar-refractivity contribution in [2.24, 2.45) is 0 Å². The van der Waals surface area contributed by atoms with Crippen molar-refractivity contribution in [3.8, 4) is 0 Å². The molecule has 0 radical (unpaired) electrons. The highest BCUT2D eigenvalue weighted by atomic mass is 35.5. The molecule has 4 rings (SSSR count). The van der Waals surface area contributed by atoms with Gasteiger partial charge in [-0.3, -0.25) is 4.79 Å². The van der Waals surface area contributed by atoms with Crippen molar-refractivity contribution < 1.29 is 9.18 Å². The zero-order valence-electron chi connectivity index (χ0n) is 20.3. The number of piperidine rings is 1. The fraction of sp³-hybridized carbons (Fsp3) is 0.560. The molecule has 1 N–H and O–H groups in total. The van der Waals surface area contributed by atoms with E-state index in [2.05, 4.69) is 32.0 Å². The number of carbonyl (C=O) groups excluding carboxylic acids is 1. The SMILES string of the molecule is CC1CCCCN1CCCNC(=O)CSc1nc(Cl)cc(N2CCN(c3ccccc3F)CC2)n1. The van der Waals surface area contributed by atoms with Gasteiger partial charge in [0.05, 0.1) is 11.4 Å². The number of amides is 1. The summed E-state index contributed by atoms with van der Waals surface area (Å²) in [5.74, 6) is 0.757. The van der Waals surface area contributed by atoms with Crippen molar-refractivity contribution in [2.45, 2.75) is 43.8 Å². The lowest BCUT2D eigenvalue weighted by molar-refractivity contribution is -0.118. The molecule has 35 heavy (non-hydrogen) atoms. The maximum Gasteiger partial charge on any atom is 0.230 e. The molecule has 0 saturated carbocycles. The summed E-state index contributed by atoms with van der Waals surface area (Å²) in [7, 11) is 0. The first-order valence-electron chi connectivity index (χ1n) is 12.4. The van der Waals surface area contributed by atoms with Crippen LogP contribution >= 0.6 is 23.4 Å². The third-order valence-corrected chi connectivity index (χ3v) is 7.72. The molecule has 10 heteroatoms. The van der Waals surface area contributed by atoms with Gasteiger partial charge in [-0.1, -0.05) is 41.9 Å². The van der Waals surface area contributed by atoms with Crippen molar-refractivity contribution in [1.29, 1.82) is 0 Å². The molecule has 0 bridgehead atoms. The molecule has 1 atom stereocenters. The van der Waals surface area contributed by atoms with Gasteiger partial charge in [0.2, 0.25) is 5.91 Å². The highest BCUT2D eigenvalue weighted by Crippen LogP contribution is 2.25. The molecular formula is C25H34ClFN6OS. The number of likely N-dealkylation sites (tertiary alicyclic amines) is 1. The van der Waals surface area contributed by atoms with Crippen molar-refractivity contribution in [2.75, 3.05) is 61.4 Å². The van der Waals surface area contributed by atoms with Gasteiger partial charge in [0.15, 0.2) is 5.16 Å². The van der Waals surface area contributed by atoms with Crippen LogP contribution in [0.3, 0.4) is 0 Å². The molecule has 1 unspecified atom stereocenters. The molecule has 2 aliphatic rings. The number of anilines is 2. The predicted octanol–water partition coefficient (Wildman–Crippen LogP) is 4.07. The van der Waals surface area contributed by atoms with E-state index in [9.17, 15) is 9.18 Å². The van der Waals surface area contributed by atoms with E-state index in [0.29, 0.717) is 54.8 Å². The van der Waals surface area contributed by atoms with E-state index in [1.807, 2.05) is 11.0 Å². The molecular weight excluding hydrogens is 487 g/mol. The zero-order valence-corrected chi connectivity index (χ0v) is 21.8. The van der Waals surface area contributed by atoms with E-state index < -0.39 is 0 Å². The largest absolute Gasteiger partial charge is 0.366 e. The van der Waals surface area contributed by atoms with Gasteiger partial charge in [-0.05, 0) is 44.9 Å². The standard InChI is InChI=1S/C25H34ClFN6OS/c1-19-7-4-5-11-31(19)12-6-10-28-24(34)18-35-25-29-22(26)17-23(30-25)33-15-13-32(14-16-33)21-9-3-2-8-20(21)27/h2-3,8-9,17,19H,4-7,10-16,18H2,1H3,(H,28,34). The van der Waals surface area contributed by atoms with Crippen LogP contribution in [0.15, 0.2) is 35.5 Å². The number of thioether (sulfide) groups is 1. The lowest BCUT2D eigenvalue weighted by Gasteiger charge is -2.36. The van der Waals surface area contributed by atoms with Gasteiger partial charge in [0, 0.05) is 51.4 Å². The number of rotatable bonds is 9. The fourth-order valence-corrected chi connectivity index (χ4v) is 5.59. The molecule has 0 spiro atoms. The second-order valence-electron chi connectivity index (χ2n) is 9.13. The van der Waals surface area contributed by atoms with Crippen molar-refractivity contribution in [3.05, 3.63) is 41.3 Å². The van der Waals surface area contributed by atoms with Crippen LogP contribution in [0.4, 0.5) is 15.9 Å². The summed E-state index contributed by atoms with van der Waals surface area (Å²) >= 11 is 7.55. The fourth-order valence-electron chi connectivity index (χ4n) is 4.68. The van der Waals surface area contributed by atoms with Crippen LogP contribution in [-0.4, -0.2) is 78.4 Å². The van der Waals surface area contributed by atoms with Gasteiger partial charge in [-0.25, -0.2) is 14.4 Å². The minimum absolute atomic E-state index is 0.0229. The smallest absolute Gasteiger partial charge is 0.230 e. The number of aromatic nitrogens is 2. The molecule has 190 valence electrons. The topological polar surface area (TPSA) is 64.6 Å². The minimum atomic E-state index is -0.205. The average Bonchev–Trinajstić information content (AvgIpc) is 2.86. The first-order valence-corrected chi connectivity index (χ1v) is 13.8. The van der Waals surface area contributed by atoms with Crippen LogP contribution in [0.1, 0.15) is 32.6 Å². The van der Waals surface area contributed by atoms with E-state index in [4.69, 9.17) is 11.6 Å². The van der Waals surface area contributed by atoms with E-state index in [-0.39, 0.29) is 17.5 Å². The van der Waals surface area contributed by atoms with Crippen LogP contribution in [-0.2, 0) is 4.79 Å². The Labute approximate surface area is 216 Å². The van der Waals surface area contributed by atoms with Crippen LogP contribution in [0.5, 0.6) is 0 Å². The van der Waals surface area contributed by atoms with E-state index in [1.54, 1.807) is 18.2 Å². The number of benzene rings is 1. The second kappa shape index (κ2) is 12.7. The molecule has 1 amide bonds.